The minimum Gasteiger partial charge on any atom is -0.493 e. The number of ether oxygens (including phenoxy) is 2. The molecule has 2 aromatic carbocycles. The van der Waals surface area contributed by atoms with Crippen LogP contribution in [0.3, 0.4) is 0 Å². The van der Waals surface area contributed by atoms with Crippen LogP contribution in [0.1, 0.15) is 71.2 Å². The summed E-state index contributed by atoms with van der Waals surface area (Å²) in [4.78, 5) is 28.2. The molecule has 1 aliphatic rings. The smallest absolute Gasteiger partial charge is 0.475 e. The highest BCUT2D eigenvalue weighted by Crippen LogP contribution is 2.55. The number of hydrogen-bond donors (Lipinski definition) is 2. The summed E-state index contributed by atoms with van der Waals surface area (Å²) < 4.78 is 42.6. The molecule has 0 atom stereocenters. The maximum Gasteiger partial charge on any atom is 0.475 e. The summed E-state index contributed by atoms with van der Waals surface area (Å²) >= 11 is 6.01. The second kappa shape index (κ2) is 16.9. The first-order valence-corrected chi connectivity index (χ1v) is 19.1. The highest BCUT2D eigenvalue weighted by molar-refractivity contribution is 7.48. The van der Waals surface area contributed by atoms with E-state index in [1.807, 2.05) is 53.7 Å². The zero-order valence-electron chi connectivity index (χ0n) is 30.8. The number of aromatic nitrogens is 3. The van der Waals surface area contributed by atoms with Crippen molar-refractivity contribution in [3.63, 3.8) is 0 Å². The first-order valence-electron chi connectivity index (χ1n) is 17.3. The number of amides is 1. The van der Waals surface area contributed by atoms with Crippen molar-refractivity contribution in [1.82, 2.24) is 19.9 Å². The van der Waals surface area contributed by atoms with Gasteiger partial charge in [-0.1, -0.05) is 17.7 Å². The number of anilines is 3. The number of nitrogens with zero attached hydrogens (tertiary/aromatic N) is 4. The van der Waals surface area contributed by atoms with Crippen LogP contribution in [0.15, 0.2) is 61.1 Å². The standard InChI is InChI=1S/C37H48ClN6O7P/c1-36(2,3)50-52(46,51-37(4,5)6)49-19-17-44(28-13-14-28)16-9-18-48-32-22-30-29(21-31(32)47-7)34(41-24-40-30)42-27-12-15-33(39-23-27)43-35(45)25-10-8-11-26(38)20-25/h8,10-12,15,20-24,28H,9,13-14,16-19H2,1-7H3,(H,39,43,45)(H,40,41,42). The van der Waals surface area contributed by atoms with E-state index < -0.39 is 19.0 Å². The maximum atomic E-state index is 13.4. The Hall–Kier alpha value is -3.84. The Kier molecular flexibility index (Phi) is 12.8. The van der Waals surface area contributed by atoms with Gasteiger partial charge in [0.15, 0.2) is 11.5 Å². The Morgan fingerprint density at radius 2 is 1.69 bits per heavy atom. The quantitative estimate of drug-likeness (QED) is 0.0785. The van der Waals surface area contributed by atoms with Crippen molar-refractivity contribution in [2.75, 3.05) is 44.0 Å². The van der Waals surface area contributed by atoms with Crippen LogP contribution in [0, 0.1) is 0 Å². The zero-order chi connectivity index (χ0) is 37.5. The van der Waals surface area contributed by atoms with Gasteiger partial charge in [-0.25, -0.2) is 19.5 Å². The van der Waals surface area contributed by atoms with Gasteiger partial charge >= 0.3 is 7.82 Å². The first kappa shape index (κ1) is 39.4. The van der Waals surface area contributed by atoms with Crippen molar-refractivity contribution in [1.29, 1.82) is 0 Å². The summed E-state index contributed by atoms with van der Waals surface area (Å²) in [5, 5.41) is 7.26. The second-order valence-electron chi connectivity index (χ2n) is 14.4. The van der Waals surface area contributed by atoms with Gasteiger partial charge in [-0.05, 0) is 97.2 Å². The van der Waals surface area contributed by atoms with Gasteiger partial charge in [-0.2, -0.15) is 0 Å². The van der Waals surface area contributed by atoms with Crippen LogP contribution in [0.5, 0.6) is 11.5 Å². The Morgan fingerprint density at radius 3 is 2.33 bits per heavy atom. The largest absolute Gasteiger partial charge is 0.493 e. The molecule has 1 aliphatic carbocycles. The third kappa shape index (κ3) is 11.8. The van der Waals surface area contributed by atoms with Crippen LogP contribution in [0.2, 0.25) is 5.02 Å². The van der Waals surface area contributed by atoms with Crippen LogP contribution >= 0.6 is 19.4 Å². The van der Waals surface area contributed by atoms with Crippen molar-refractivity contribution >= 4 is 53.6 Å². The number of pyridine rings is 1. The van der Waals surface area contributed by atoms with E-state index in [1.165, 1.54) is 6.33 Å². The Labute approximate surface area is 310 Å². The third-order valence-electron chi connectivity index (χ3n) is 7.59. The topological polar surface area (TPSA) is 146 Å². The van der Waals surface area contributed by atoms with E-state index >= 15 is 0 Å². The average molecular weight is 755 g/mol. The molecule has 0 spiro atoms. The Bertz CT molecular complexity index is 1860. The molecule has 0 saturated heterocycles. The lowest BCUT2D eigenvalue weighted by Gasteiger charge is -2.31. The van der Waals surface area contributed by atoms with Gasteiger partial charge in [0.25, 0.3) is 5.91 Å². The summed E-state index contributed by atoms with van der Waals surface area (Å²) in [6, 6.07) is 14.3. The molecule has 1 saturated carbocycles. The molecule has 280 valence electrons. The number of carbonyl (C=O) groups is 1. The summed E-state index contributed by atoms with van der Waals surface area (Å²) in [6.45, 7) is 13.0. The number of hydrogen-bond acceptors (Lipinski definition) is 12. The van der Waals surface area contributed by atoms with Crippen LogP contribution in [-0.4, -0.2) is 76.4 Å². The van der Waals surface area contributed by atoms with E-state index in [4.69, 9.17) is 34.6 Å². The van der Waals surface area contributed by atoms with Gasteiger partial charge in [0, 0.05) is 41.2 Å². The van der Waals surface area contributed by atoms with Gasteiger partial charge in [0.2, 0.25) is 0 Å². The fraction of sp³-hybridized carbons (Fsp3) is 0.459. The number of phosphoric ester groups is 1. The molecule has 4 aromatic rings. The lowest BCUT2D eigenvalue weighted by molar-refractivity contribution is 0.000662. The lowest BCUT2D eigenvalue weighted by Crippen LogP contribution is -2.32. The molecule has 1 amide bonds. The number of fused-ring (bicyclic) bond motifs is 1. The fourth-order valence-electron chi connectivity index (χ4n) is 5.31. The summed E-state index contributed by atoms with van der Waals surface area (Å²) in [5.41, 5.74) is 0.394. The van der Waals surface area contributed by atoms with Gasteiger partial charge in [0.1, 0.15) is 18.0 Å². The lowest BCUT2D eigenvalue weighted by atomic mass is 10.2. The molecule has 5 rings (SSSR count). The van der Waals surface area contributed by atoms with Crippen molar-refractivity contribution in [3.8, 4) is 11.5 Å². The summed E-state index contributed by atoms with van der Waals surface area (Å²) in [6.07, 6.45) is 6.06. The average Bonchev–Trinajstić information content (AvgIpc) is 3.90. The van der Waals surface area contributed by atoms with E-state index in [9.17, 15) is 9.36 Å². The van der Waals surface area contributed by atoms with E-state index in [0.717, 1.165) is 31.2 Å². The van der Waals surface area contributed by atoms with E-state index in [2.05, 4.69) is 30.5 Å². The molecule has 15 heteroatoms. The third-order valence-corrected chi connectivity index (χ3v) is 9.86. The molecule has 0 aliphatic heterocycles. The van der Waals surface area contributed by atoms with Crippen LogP contribution in [0.25, 0.3) is 10.9 Å². The monoisotopic (exact) mass is 754 g/mol. The number of carbonyl (C=O) groups excluding carboxylic acids is 1. The molecule has 1 fully saturated rings. The highest BCUT2D eigenvalue weighted by Gasteiger charge is 2.37. The van der Waals surface area contributed by atoms with Crippen molar-refractivity contribution in [2.45, 2.75) is 78.0 Å². The minimum atomic E-state index is -3.77. The van der Waals surface area contributed by atoms with E-state index in [1.54, 1.807) is 49.7 Å². The van der Waals surface area contributed by atoms with Crippen molar-refractivity contribution in [2.24, 2.45) is 0 Å². The fourth-order valence-corrected chi connectivity index (χ4v) is 7.29. The molecule has 0 unspecified atom stereocenters. The second-order valence-corrected chi connectivity index (χ2v) is 16.4. The number of methoxy groups -OCH3 is 1. The van der Waals surface area contributed by atoms with E-state index in [-0.39, 0.29) is 12.5 Å². The Morgan fingerprint density at radius 1 is 0.942 bits per heavy atom. The van der Waals surface area contributed by atoms with Crippen LogP contribution < -0.4 is 20.1 Å². The molecule has 2 heterocycles. The number of benzene rings is 2. The predicted molar refractivity (Wildman–Crippen MR) is 203 cm³/mol. The molecule has 52 heavy (non-hydrogen) atoms. The highest BCUT2D eigenvalue weighted by atomic mass is 35.5. The summed E-state index contributed by atoms with van der Waals surface area (Å²) in [5.74, 6) is 1.75. The number of nitrogens with one attached hydrogen (secondary N) is 2. The predicted octanol–water partition coefficient (Wildman–Crippen LogP) is 8.67. The van der Waals surface area contributed by atoms with Gasteiger partial charge < -0.3 is 20.1 Å². The SMILES string of the molecule is COc1cc2c(Nc3ccc(NC(=O)c4cccc(Cl)c4)nc3)ncnc2cc1OCCCN(CCOP(=O)(OC(C)(C)C)OC(C)(C)C)C1CC1. The molecule has 2 N–H and O–H groups in total. The zero-order valence-corrected chi connectivity index (χ0v) is 32.4. The van der Waals surface area contributed by atoms with Crippen molar-refractivity contribution in [3.05, 3.63) is 71.6 Å². The van der Waals surface area contributed by atoms with Crippen LogP contribution in [-0.2, 0) is 18.1 Å². The van der Waals surface area contributed by atoms with Gasteiger partial charge in [-0.15, -0.1) is 0 Å². The molecular weight excluding hydrogens is 707 g/mol. The van der Waals surface area contributed by atoms with Crippen LogP contribution in [0.4, 0.5) is 17.3 Å². The van der Waals surface area contributed by atoms with E-state index in [0.29, 0.717) is 64.1 Å². The maximum absolute atomic E-state index is 13.4. The number of halogens is 1. The molecule has 13 nitrogen and oxygen atoms in total. The van der Waals surface area contributed by atoms with Gasteiger partial charge in [0.05, 0.1) is 48.9 Å². The molecular formula is C37H48ClN6O7P. The first-order chi connectivity index (χ1) is 24.6. The molecule has 2 aromatic heterocycles. The van der Waals surface area contributed by atoms with Crippen molar-refractivity contribution < 1.29 is 32.4 Å². The molecule has 0 radical (unpaired) electrons. The Balaban J connectivity index is 1.16. The number of phosphoric acid groups is 1. The molecule has 0 bridgehead atoms. The summed E-state index contributed by atoms with van der Waals surface area (Å²) in [7, 11) is -2.18. The number of rotatable bonds is 17. The minimum absolute atomic E-state index is 0.218. The normalized spacial score (nSPS) is 13.7. The van der Waals surface area contributed by atoms with Gasteiger partial charge in [-0.3, -0.25) is 23.3 Å².